The molecule has 39 heavy (non-hydrogen) atoms. The van der Waals surface area contributed by atoms with E-state index in [0.29, 0.717) is 11.3 Å². The van der Waals surface area contributed by atoms with Crippen LogP contribution in [0.2, 0.25) is 0 Å². The number of alkyl halides is 3. The molecule has 2 aromatic carbocycles. The maximum Gasteiger partial charge on any atom is 0.416 e. The van der Waals surface area contributed by atoms with Gasteiger partial charge in [-0.1, -0.05) is 12.1 Å². The van der Waals surface area contributed by atoms with Crippen LogP contribution in [-0.4, -0.2) is 37.2 Å². The number of nitrogens with zero attached hydrogens (tertiary/aromatic N) is 4. The van der Waals surface area contributed by atoms with E-state index in [0.717, 1.165) is 18.2 Å². The lowest BCUT2D eigenvalue weighted by Gasteiger charge is -2.15. The molecule has 0 fully saturated rings. The second-order valence-electron chi connectivity index (χ2n) is 7.98. The van der Waals surface area contributed by atoms with Gasteiger partial charge in [0.05, 0.1) is 23.1 Å². The Kier molecular flexibility index (Phi) is 8.24. The molecule has 0 spiro atoms. The van der Waals surface area contributed by atoms with Crippen LogP contribution in [0, 0.1) is 5.82 Å². The van der Waals surface area contributed by atoms with Gasteiger partial charge >= 0.3 is 14.4 Å². The lowest BCUT2D eigenvalue weighted by molar-refractivity contribution is -0.137. The number of hydrogen-bond acceptors (Lipinski definition) is 8. The van der Waals surface area contributed by atoms with Gasteiger partial charge in [-0.15, -0.1) is 0 Å². The number of carbonyl (C=O) groups is 1. The second kappa shape index (κ2) is 11.6. The molecule has 4 aromatic rings. The zero-order valence-electron chi connectivity index (χ0n) is 20.0. The molecule has 1 atom stereocenters. The molecular weight excluding hydrogens is 545 g/mol. The van der Waals surface area contributed by atoms with Gasteiger partial charge in [-0.2, -0.15) is 23.3 Å². The third kappa shape index (κ3) is 7.37. The molecule has 4 N–H and O–H groups in total. The van der Waals surface area contributed by atoms with Crippen LogP contribution in [0.15, 0.2) is 61.1 Å². The van der Waals surface area contributed by atoms with E-state index in [-0.39, 0.29) is 28.7 Å². The van der Waals surface area contributed by atoms with E-state index in [2.05, 4.69) is 35.5 Å². The van der Waals surface area contributed by atoms with Gasteiger partial charge in [0, 0.05) is 30.7 Å². The number of aromatic nitrogens is 4. The summed E-state index contributed by atoms with van der Waals surface area (Å²) < 4.78 is 70.5. The Hall–Kier alpha value is -4.33. The number of nitrogens with one attached hydrogen (secondary N) is 3. The summed E-state index contributed by atoms with van der Waals surface area (Å²) in [5.74, 6) is -1.36. The van der Waals surface area contributed by atoms with Crippen LogP contribution < -0.4 is 16.0 Å². The number of rotatable bonds is 9. The fraction of sp³-hybridized carbons (Fsp3) is 0.130. The van der Waals surface area contributed by atoms with Crippen molar-refractivity contribution in [2.24, 2.45) is 7.05 Å². The van der Waals surface area contributed by atoms with Gasteiger partial charge in [-0.25, -0.2) is 9.37 Å². The topological polar surface area (TPSA) is 143 Å². The Morgan fingerprint density at radius 1 is 1.10 bits per heavy atom. The zero-order valence-corrected chi connectivity index (χ0v) is 21.0. The molecule has 1 amide bonds. The van der Waals surface area contributed by atoms with Crippen molar-refractivity contribution in [1.82, 2.24) is 19.7 Å². The number of benzene rings is 2. The van der Waals surface area contributed by atoms with Crippen LogP contribution in [0.1, 0.15) is 5.56 Å². The summed E-state index contributed by atoms with van der Waals surface area (Å²) in [5.41, 5.74) is 0.277. The summed E-state index contributed by atoms with van der Waals surface area (Å²) in [6.07, 6.45) is 0.00150. The van der Waals surface area contributed by atoms with Crippen molar-refractivity contribution in [1.29, 1.82) is 0 Å². The molecule has 11 nitrogen and oxygen atoms in total. The van der Waals surface area contributed by atoms with Crippen molar-refractivity contribution in [3.63, 3.8) is 0 Å². The fourth-order valence-corrected chi connectivity index (χ4v) is 3.61. The van der Waals surface area contributed by atoms with Crippen LogP contribution in [0.4, 0.5) is 46.4 Å². The summed E-state index contributed by atoms with van der Waals surface area (Å²) in [6, 6.07) is 7.83. The Balaban J connectivity index is 1.67. The average Bonchev–Trinajstić information content (AvgIpc) is 3.29. The first-order valence-electron chi connectivity index (χ1n) is 11.0. The second-order valence-corrected chi connectivity index (χ2v) is 8.80. The summed E-state index contributed by atoms with van der Waals surface area (Å²) in [5, 5.41) is 12.2. The summed E-state index contributed by atoms with van der Waals surface area (Å²) in [4.78, 5) is 29.2. The smallest absolute Gasteiger partial charge is 0.337 e. The minimum absolute atomic E-state index is 0.0423. The predicted octanol–water partition coefficient (Wildman–Crippen LogP) is 4.86. The number of anilines is 5. The average molecular weight is 565 g/mol. The lowest BCUT2D eigenvalue weighted by Crippen LogP contribution is -2.16. The quantitative estimate of drug-likeness (QED) is 0.165. The monoisotopic (exact) mass is 565 g/mol. The first-order valence-corrected chi connectivity index (χ1v) is 12.3. The molecular formula is C23H20F4N7O4P. The van der Waals surface area contributed by atoms with Crippen molar-refractivity contribution in [3.8, 4) is 11.1 Å². The van der Waals surface area contributed by atoms with Crippen LogP contribution in [0.25, 0.3) is 11.1 Å². The highest BCUT2D eigenvalue weighted by molar-refractivity contribution is 7.32. The van der Waals surface area contributed by atoms with Crippen molar-refractivity contribution >= 4 is 43.0 Å². The van der Waals surface area contributed by atoms with E-state index in [1.54, 1.807) is 13.2 Å². The molecule has 0 aliphatic rings. The largest absolute Gasteiger partial charge is 0.416 e. The van der Waals surface area contributed by atoms with Gasteiger partial charge in [0.2, 0.25) is 5.95 Å². The Morgan fingerprint density at radius 3 is 2.49 bits per heavy atom. The highest BCUT2D eigenvalue weighted by Gasteiger charge is 2.30. The maximum absolute atomic E-state index is 14.7. The minimum atomic E-state index is -4.53. The maximum atomic E-state index is 14.7. The van der Waals surface area contributed by atoms with Crippen LogP contribution in [0.3, 0.4) is 0 Å². The van der Waals surface area contributed by atoms with E-state index in [1.807, 2.05) is 0 Å². The summed E-state index contributed by atoms with van der Waals surface area (Å²) >= 11 is 0. The van der Waals surface area contributed by atoms with Gasteiger partial charge in [-0.3, -0.25) is 14.0 Å². The standard InChI is InChI=1S/C23H20F4N7O4P/c1-34-11-16(9-29-34)31-22-28-10-17(13-2-4-14(5-3-13)23(25,26)27)21(33-22)32-19-8-15(6-7-18(19)24)30-20(35)12-38-39(36)37/h2-11,39H,12H2,1H3,(H,30,35)(H,36,37)(H2,28,31,32,33). The summed E-state index contributed by atoms with van der Waals surface area (Å²) in [6.45, 7) is -0.693. The molecule has 0 saturated carbocycles. The van der Waals surface area contributed by atoms with Gasteiger partial charge in [0.15, 0.2) is 0 Å². The number of halogens is 4. The van der Waals surface area contributed by atoms with Gasteiger partial charge in [0.1, 0.15) is 18.2 Å². The first kappa shape index (κ1) is 27.7. The molecule has 0 saturated heterocycles. The number of hydrogen-bond donors (Lipinski definition) is 4. The lowest BCUT2D eigenvalue weighted by atomic mass is 10.1. The molecule has 2 heterocycles. The van der Waals surface area contributed by atoms with Crippen LogP contribution in [0.5, 0.6) is 0 Å². The molecule has 0 bridgehead atoms. The van der Waals surface area contributed by atoms with Gasteiger partial charge in [0.25, 0.3) is 5.91 Å². The van der Waals surface area contributed by atoms with E-state index < -0.39 is 38.3 Å². The number of carbonyl (C=O) groups excluding carboxylic acids is 1. The molecule has 1 unspecified atom stereocenters. The zero-order chi connectivity index (χ0) is 28.2. The van der Waals surface area contributed by atoms with Crippen molar-refractivity contribution in [3.05, 3.63) is 72.4 Å². The minimum Gasteiger partial charge on any atom is -0.337 e. The third-order valence-corrected chi connectivity index (χ3v) is 5.49. The van der Waals surface area contributed by atoms with E-state index in [4.69, 9.17) is 4.89 Å². The Morgan fingerprint density at radius 2 is 1.85 bits per heavy atom. The predicted molar refractivity (Wildman–Crippen MR) is 134 cm³/mol. The SMILES string of the molecule is Cn1cc(Nc2ncc(-c3ccc(C(F)(F)F)cc3)c(Nc3cc(NC(=O)CO[PH](=O)O)ccc3F)n2)cn1. The Labute approximate surface area is 218 Å². The third-order valence-electron chi connectivity index (χ3n) is 5.10. The van der Waals surface area contributed by atoms with Gasteiger partial charge < -0.3 is 25.4 Å². The molecule has 0 aliphatic heterocycles. The van der Waals surface area contributed by atoms with Gasteiger partial charge in [-0.05, 0) is 35.9 Å². The van der Waals surface area contributed by atoms with Crippen LogP contribution >= 0.6 is 8.25 Å². The van der Waals surface area contributed by atoms with E-state index in [1.165, 1.54) is 41.3 Å². The fourth-order valence-electron chi connectivity index (χ4n) is 3.35. The van der Waals surface area contributed by atoms with E-state index in [9.17, 15) is 26.9 Å². The first-order chi connectivity index (χ1) is 18.5. The van der Waals surface area contributed by atoms with Crippen molar-refractivity contribution in [2.45, 2.75) is 6.18 Å². The highest BCUT2D eigenvalue weighted by atomic mass is 31.1. The molecule has 204 valence electrons. The number of amides is 1. The molecule has 4 rings (SSSR count). The molecule has 2 aromatic heterocycles. The summed E-state index contributed by atoms with van der Waals surface area (Å²) in [7, 11) is -1.61. The van der Waals surface area contributed by atoms with Crippen molar-refractivity contribution < 1.29 is 36.3 Å². The normalized spacial score (nSPS) is 12.2. The van der Waals surface area contributed by atoms with Crippen LogP contribution in [-0.2, 0) is 27.1 Å². The number of aryl methyl sites for hydroxylation is 1. The Bertz CT molecular complexity index is 1510. The molecule has 0 radical (unpaired) electrons. The van der Waals surface area contributed by atoms with Crippen molar-refractivity contribution in [2.75, 3.05) is 22.6 Å². The highest BCUT2D eigenvalue weighted by Crippen LogP contribution is 2.34. The molecule has 16 heteroatoms. The molecule has 0 aliphatic carbocycles. The van der Waals surface area contributed by atoms with E-state index >= 15 is 0 Å².